The Kier molecular flexibility index (Phi) is 4.98. The summed E-state index contributed by atoms with van der Waals surface area (Å²) in [5, 5.41) is 8.12. The number of carbonyl (C=O) groups is 1. The molecule has 3 nitrogen and oxygen atoms in total. The maximum absolute atomic E-state index is 11.9. The first-order valence-corrected chi connectivity index (χ1v) is 7.36. The third-order valence-electron chi connectivity index (χ3n) is 2.75. The molecule has 4 heteroatoms. The normalized spacial score (nSPS) is 10.2. The van der Waals surface area contributed by atoms with Gasteiger partial charge < -0.3 is 10.6 Å². The smallest absolute Gasteiger partial charge is 0.265 e. The van der Waals surface area contributed by atoms with Gasteiger partial charge >= 0.3 is 0 Å². The molecular formula is C15H18N2OS. The van der Waals surface area contributed by atoms with Crippen molar-refractivity contribution in [2.45, 2.75) is 19.8 Å². The van der Waals surface area contributed by atoms with Gasteiger partial charge in [0, 0.05) is 17.9 Å². The van der Waals surface area contributed by atoms with Gasteiger partial charge in [0.05, 0.1) is 4.88 Å². The lowest BCUT2D eigenvalue weighted by Crippen LogP contribution is -2.10. The molecule has 0 aliphatic heterocycles. The minimum absolute atomic E-state index is 0.0540. The third kappa shape index (κ3) is 4.10. The minimum atomic E-state index is -0.0540. The highest BCUT2D eigenvalue weighted by Crippen LogP contribution is 2.16. The van der Waals surface area contributed by atoms with E-state index in [2.05, 4.69) is 17.6 Å². The van der Waals surface area contributed by atoms with Crippen LogP contribution in [0.1, 0.15) is 29.4 Å². The van der Waals surface area contributed by atoms with Gasteiger partial charge in [-0.05, 0) is 42.1 Å². The fourth-order valence-electron chi connectivity index (χ4n) is 1.68. The van der Waals surface area contributed by atoms with Crippen LogP contribution in [0.3, 0.4) is 0 Å². The molecule has 0 unspecified atom stereocenters. The topological polar surface area (TPSA) is 41.1 Å². The van der Waals surface area contributed by atoms with Crippen molar-refractivity contribution in [3.05, 3.63) is 46.7 Å². The van der Waals surface area contributed by atoms with Gasteiger partial charge in [0.1, 0.15) is 0 Å². The SMILES string of the molecule is CCCCNc1ccc(NC(=O)c2cccs2)cc1. The summed E-state index contributed by atoms with van der Waals surface area (Å²) in [4.78, 5) is 12.6. The third-order valence-corrected chi connectivity index (χ3v) is 3.62. The average molecular weight is 274 g/mol. The molecule has 1 amide bonds. The van der Waals surface area contributed by atoms with Gasteiger partial charge in [0.15, 0.2) is 0 Å². The van der Waals surface area contributed by atoms with Gasteiger partial charge in [-0.15, -0.1) is 11.3 Å². The van der Waals surface area contributed by atoms with Crippen molar-refractivity contribution in [3.8, 4) is 0 Å². The molecule has 0 saturated carbocycles. The molecule has 2 rings (SSSR count). The van der Waals surface area contributed by atoms with E-state index in [1.807, 2.05) is 41.8 Å². The largest absolute Gasteiger partial charge is 0.385 e. The summed E-state index contributed by atoms with van der Waals surface area (Å²) in [7, 11) is 0. The molecule has 0 radical (unpaired) electrons. The monoisotopic (exact) mass is 274 g/mol. The summed E-state index contributed by atoms with van der Waals surface area (Å²) in [6.45, 7) is 3.16. The van der Waals surface area contributed by atoms with Crippen molar-refractivity contribution < 1.29 is 4.79 Å². The van der Waals surface area contributed by atoms with Gasteiger partial charge in [0.25, 0.3) is 5.91 Å². The second-order valence-electron chi connectivity index (χ2n) is 4.29. The molecule has 2 N–H and O–H groups in total. The van der Waals surface area contributed by atoms with E-state index in [9.17, 15) is 4.79 Å². The van der Waals surface area contributed by atoms with E-state index in [1.54, 1.807) is 0 Å². The Labute approximate surface area is 117 Å². The minimum Gasteiger partial charge on any atom is -0.385 e. The van der Waals surface area contributed by atoms with Gasteiger partial charge in [0.2, 0.25) is 0 Å². The lowest BCUT2D eigenvalue weighted by Gasteiger charge is -2.07. The molecule has 0 saturated heterocycles. The molecule has 1 heterocycles. The highest BCUT2D eigenvalue weighted by atomic mass is 32.1. The Balaban J connectivity index is 1.90. The van der Waals surface area contributed by atoms with Crippen LogP contribution >= 0.6 is 11.3 Å². The zero-order valence-corrected chi connectivity index (χ0v) is 11.8. The average Bonchev–Trinajstić information content (AvgIpc) is 2.95. The summed E-state index contributed by atoms with van der Waals surface area (Å²) in [6.07, 6.45) is 2.35. The quantitative estimate of drug-likeness (QED) is 0.775. The number of unbranched alkanes of at least 4 members (excludes halogenated alkanes) is 1. The van der Waals surface area contributed by atoms with Crippen molar-refractivity contribution in [1.29, 1.82) is 0 Å². The van der Waals surface area contributed by atoms with Crippen LogP contribution < -0.4 is 10.6 Å². The van der Waals surface area contributed by atoms with E-state index in [1.165, 1.54) is 17.8 Å². The molecule has 0 atom stereocenters. The fourth-order valence-corrected chi connectivity index (χ4v) is 2.30. The van der Waals surface area contributed by atoms with E-state index < -0.39 is 0 Å². The number of hydrogen-bond donors (Lipinski definition) is 2. The number of carbonyl (C=O) groups excluding carboxylic acids is 1. The number of rotatable bonds is 6. The molecule has 1 aromatic carbocycles. The standard InChI is InChI=1S/C15H18N2OS/c1-2-3-10-16-12-6-8-13(9-7-12)17-15(18)14-5-4-11-19-14/h4-9,11,16H,2-3,10H2,1H3,(H,17,18). The Morgan fingerprint density at radius 3 is 2.53 bits per heavy atom. The lowest BCUT2D eigenvalue weighted by molar-refractivity contribution is 0.103. The Morgan fingerprint density at radius 2 is 1.89 bits per heavy atom. The first-order chi connectivity index (χ1) is 9.29. The molecule has 0 aliphatic carbocycles. The van der Waals surface area contributed by atoms with Crippen LogP contribution in [0.2, 0.25) is 0 Å². The maximum Gasteiger partial charge on any atom is 0.265 e. The molecule has 19 heavy (non-hydrogen) atoms. The molecule has 0 aliphatic rings. The zero-order chi connectivity index (χ0) is 13.5. The van der Waals surface area contributed by atoms with Crippen LogP contribution in [-0.2, 0) is 0 Å². The summed E-state index contributed by atoms with van der Waals surface area (Å²) in [5.74, 6) is -0.0540. The zero-order valence-electron chi connectivity index (χ0n) is 11.0. The van der Waals surface area contributed by atoms with E-state index in [0.717, 1.165) is 29.2 Å². The van der Waals surface area contributed by atoms with Gasteiger partial charge in [-0.1, -0.05) is 19.4 Å². The molecular weight excluding hydrogens is 256 g/mol. The molecule has 0 bridgehead atoms. The fraction of sp³-hybridized carbons (Fsp3) is 0.267. The summed E-state index contributed by atoms with van der Waals surface area (Å²) >= 11 is 1.44. The molecule has 1 aromatic heterocycles. The predicted molar refractivity (Wildman–Crippen MR) is 82.1 cm³/mol. The van der Waals surface area contributed by atoms with Gasteiger partial charge in [-0.2, -0.15) is 0 Å². The Bertz CT molecular complexity index is 505. The molecule has 0 spiro atoms. The van der Waals surface area contributed by atoms with Gasteiger partial charge in [-0.25, -0.2) is 0 Å². The van der Waals surface area contributed by atoms with Crippen LogP contribution in [0.5, 0.6) is 0 Å². The predicted octanol–water partition coefficient (Wildman–Crippen LogP) is 4.21. The van der Waals surface area contributed by atoms with Crippen LogP contribution in [0.4, 0.5) is 11.4 Å². The van der Waals surface area contributed by atoms with Crippen molar-refractivity contribution in [1.82, 2.24) is 0 Å². The first-order valence-electron chi connectivity index (χ1n) is 6.48. The summed E-state index contributed by atoms with van der Waals surface area (Å²) in [5.41, 5.74) is 1.90. The van der Waals surface area contributed by atoms with E-state index in [-0.39, 0.29) is 5.91 Å². The second kappa shape index (κ2) is 6.95. The first kappa shape index (κ1) is 13.6. The van der Waals surface area contributed by atoms with E-state index >= 15 is 0 Å². The number of nitrogens with one attached hydrogen (secondary N) is 2. The van der Waals surface area contributed by atoms with Crippen LogP contribution in [0.25, 0.3) is 0 Å². The van der Waals surface area contributed by atoms with Crippen molar-refractivity contribution in [2.75, 3.05) is 17.2 Å². The molecule has 0 fully saturated rings. The number of amides is 1. The van der Waals surface area contributed by atoms with Crippen molar-refractivity contribution >= 4 is 28.6 Å². The van der Waals surface area contributed by atoms with E-state index in [0.29, 0.717) is 0 Å². The highest BCUT2D eigenvalue weighted by Gasteiger charge is 2.06. The highest BCUT2D eigenvalue weighted by molar-refractivity contribution is 7.12. The van der Waals surface area contributed by atoms with Crippen LogP contribution in [0, 0.1) is 0 Å². The van der Waals surface area contributed by atoms with Crippen LogP contribution in [-0.4, -0.2) is 12.5 Å². The van der Waals surface area contributed by atoms with Crippen molar-refractivity contribution in [3.63, 3.8) is 0 Å². The molecule has 2 aromatic rings. The lowest BCUT2D eigenvalue weighted by atomic mass is 10.2. The second-order valence-corrected chi connectivity index (χ2v) is 5.24. The number of hydrogen-bond acceptors (Lipinski definition) is 3. The van der Waals surface area contributed by atoms with Gasteiger partial charge in [-0.3, -0.25) is 4.79 Å². The Hall–Kier alpha value is -1.81. The van der Waals surface area contributed by atoms with E-state index in [4.69, 9.17) is 0 Å². The maximum atomic E-state index is 11.9. The summed E-state index contributed by atoms with van der Waals surface area (Å²) in [6, 6.07) is 11.5. The van der Waals surface area contributed by atoms with Crippen LogP contribution in [0.15, 0.2) is 41.8 Å². The number of benzene rings is 1. The number of thiophene rings is 1. The summed E-state index contributed by atoms with van der Waals surface area (Å²) < 4.78 is 0. The Morgan fingerprint density at radius 1 is 1.16 bits per heavy atom. The molecule has 100 valence electrons. The van der Waals surface area contributed by atoms with Crippen molar-refractivity contribution in [2.24, 2.45) is 0 Å². The number of anilines is 2.